The Labute approximate surface area is 117 Å². The number of aromatic carboxylic acids is 1. The van der Waals surface area contributed by atoms with E-state index in [0.29, 0.717) is 18.2 Å². The molecule has 0 atom stereocenters. The number of nitrogens with one attached hydrogen (secondary N) is 1. The van der Waals surface area contributed by atoms with Crippen LogP contribution in [0.25, 0.3) is 0 Å². The number of amides is 1. The molecule has 1 amide bonds. The minimum absolute atomic E-state index is 0.117. The predicted molar refractivity (Wildman–Crippen MR) is 71.8 cm³/mol. The van der Waals surface area contributed by atoms with Gasteiger partial charge in [0.2, 0.25) is 0 Å². The Bertz CT molecular complexity index is 510. The maximum atomic E-state index is 12.0. The Hall–Kier alpha value is -1.95. The van der Waals surface area contributed by atoms with Gasteiger partial charge in [-0.1, -0.05) is 0 Å². The van der Waals surface area contributed by atoms with Crippen LogP contribution in [0, 0.1) is 12.8 Å². The minimum atomic E-state index is -1.04. The highest BCUT2D eigenvalue weighted by Crippen LogP contribution is 2.13. The van der Waals surface area contributed by atoms with Gasteiger partial charge in [-0.3, -0.25) is 4.79 Å². The molecule has 108 valence electrons. The lowest BCUT2D eigenvalue weighted by Gasteiger charge is -2.22. The van der Waals surface area contributed by atoms with Crippen molar-refractivity contribution in [1.82, 2.24) is 10.3 Å². The predicted octanol–water partition coefficient (Wildman–Crippen LogP) is 1.24. The summed E-state index contributed by atoms with van der Waals surface area (Å²) in [4.78, 5) is 26.9. The Morgan fingerprint density at radius 3 is 2.70 bits per heavy atom. The highest BCUT2D eigenvalue weighted by molar-refractivity contribution is 5.94. The van der Waals surface area contributed by atoms with Gasteiger partial charge in [-0.15, -0.1) is 0 Å². The fraction of sp³-hybridized carbons (Fsp3) is 0.500. The van der Waals surface area contributed by atoms with Gasteiger partial charge in [0.15, 0.2) is 0 Å². The van der Waals surface area contributed by atoms with Crippen LogP contribution >= 0.6 is 0 Å². The average molecular weight is 278 g/mol. The Morgan fingerprint density at radius 2 is 2.10 bits per heavy atom. The molecule has 0 spiro atoms. The molecule has 20 heavy (non-hydrogen) atoms. The van der Waals surface area contributed by atoms with E-state index in [0.717, 1.165) is 26.1 Å². The van der Waals surface area contributed by atoms with Crippen LogP contribution in [0.2, 0.25) is 0 Å². The zero-order valence-corrected chi connectivity index (χ0v) is 11.4. The first-order valence-corrected chi connectivity index (χ1v) is 6.65. The van der Waals surface area contributed by atoms with Gasteiger partial charge in [0.25, 0.3) is 5.91 Å². The zero-order chi connectivity index (χ0) is 14.5. The fourth-order valence-electron chi connectivity index (χ4n) is 2.19. The summed E-state index contributed by atoms with van der Waals surface area (Å²) in [5.74, 6) is -0.868. The lowest BCUT2D eigenvalue weighted by Crippen LogP contribution is -2.32. The van der Waals surface area contributed by atoms with E-state index in [-0.39, 0.29) is 17.2 Å². The minimum Gasteiger partial charge on any atom is -0.478 e. The number of hydrogen-bond acceptors (Lipinski definition) is 4. The summed E-state index contributed by atoms with van der Waals surface area (Å²) in [5.41, 5.74) is 0.710. The second-order valence-electron chi connectivity index (χ2n) is 4.90. The Balaban J connectivity index is 1.95. The summed E-state index contributed by atoms with van der Waals surface area (Å²) < 4.78 is 5.26. The average Bonchev–Trinajstić information content (AvgIpc) is 2.45. The molecule has 1 fully saturated rings. The number of hydrogen-bond donors (Lipinski definition) is 2. The van der Waals surface area contributed by atoms with E-state index in [1.54, 1.807) is 6.92 Å². The molecule has 2 N–H and O–H groups in total. The molecular weight excluding hydrogens is 260 g/mol. The van der Waals surface area contributed by atoms with Crippen molar-refractivity contribution in [3.05, 3.63) is 29.1 Å². The van der Waals surface area contributed by atoms with Crippen molar-refractivity contribution in [1.29, 1.82) is 0 Å². The monoisotopic (exact) mass is 278 g/mol. The molecule has 2 rings (SSSR count). The number of carboxylic acids is 1. The van der Waals surface area contributed by atoms with Crippen molar-refractivity contribution in [3.8, 4) is 0 Å². The zero-order valence-electron chi connectivity index (χ0n) is 11.4. The molecule has 0 radical (unpaired) electrons. The lowest BCUT2D eigenvalue weighted by atomic mass is 10.0. The summed E-state index contributed by atoms with van der Waals surface area (Å²) >= 11 is 0. The standard InChI is InChI=1S/C14H18N2O4/c1-9-11(14(18)19)2-3-12(16-9)13(17)15-8-10-4-6-20-7-5-10/h2-3,10H,4-8H2,1H3,(H,15,17)(H,18,19). The highest BCUT2D eigenvalue weighted by atomic mass is 16.5. The van der Waals surface area contributed by atoms with Crippen LogP contribution in [-0.4, -0.2) is 41.7 Å². The summed E-state index contributed by atoms with van der Waals surface area (Å²) in [6, 6.07) is 2.85. The molecule has 6 nitrogen and oxygen atoms in total. The van der Waals surface area contributed by atoms with Gasteiger partial charge in [-0.05, 0) is 37.8 Å². The van der Waals surface area contributed by atoms with Gasteiger partial charge >= 0.3 is 5.97 Å². The molecule has 2 heterocycles. The number of rotatable bonds is 4. The number of pyridine rings is 1. The summed E-state index contributed by atoms with van der Waals surface area (Å²) in [6.07, 6.45) is 1.90. The number of carbonyl (C=O) groups excluding carboxylic acids is 1. The molecule has 1 saturated heterocycles. The molecule has 0 saturated carbocycles. The van der Waals surface area contributed by atoms with Gasteiger partial charge in [0.05, 0.1) is 11.3 Å². The number of aryl methyl sites for hydroxylation is 1. The fourth-order valence-corrected chi connectivity index (χ4v) is 2.19. The van der Waals surface area contributed by atoms with E-state index in [2.05, 4.69) is 10.3 Å². The summed E-state index contributed by atoms with van der Waals surface area (Å²) in [5, 5.41) is 11.8. The number of nitrogens with zero attached hydrogens (tertiary/aromatic N) is 1. The number of aromatic nitrogens is 1. The Morgan fingerprint density at radius 1 is 1.40 bits per heavy atom. The molecule has 1 aliphatic heterocycles. The van der Waals surface area contributed by atoms with Gasteiger partial charge in [-0.25, -0.2) is 9.78 Å². The third-order valence-electron chi connectivity index (χ3n) is 3.44. The molecule has 6 heteroatoms. The Kier molecular flexibility index (Phi) is 4.68. The van der Waals surface area contributed by atoms with Gasteiger partial charge in [-0.2, -0.15) is 0 Å². The van der Waals surface area contributed by atoms with E-state index in [1.807, 2.05) is 0 Å². The van der Waals surface area contributed by atoms with Crippen molar-refractivity contribution in [2.24, 2.45) is 5.92 Å². The van der Waals surface area contributed by atoms with E-state index in [9.17, 15) is 9.59 Å². The van der Waals surface area contributed by atoms with Gasteiger partial charge in [0.1, 0.15) is 5.69 Å². The second kappa shape index (κ2) is 6.47. The van der Waals surface area contributed by atoms with Gasteiger partial charge in [0, 0.05) is 19.8 Å². The molecule has 0 aromatic carbocycles. The molecular formula is C14H18N2O4. The van der Waals surface area contributed by atoms with Crippen molar-refractivity contribution in [2.45, 2.75) is 19.8 Å². The quantitative estimate of drug-likeness (QED) is 0.865. The first-order chi connectivity index (χ1) is 9.58. The van der Waals surface area contributed by atoms with E-state index < -0.39 is 5.97 Å². The smallest absolute Gasteiger partial charge is 0.337 e. The molecule has 1 aromatic rings. The topological polar surface area (TPSA) is 88.5 Å². The number of ether oxygens (including phenoxy) is 1. The van der Waals surface area contributed by atoms with Crippen LogP contribution in [0.4, 0.5) is 0 Å². The molecule has 0 aliphatic carbocycles. The van der Waals surface area contributed by atoms with E-state index >= 15 is 0 Å². The van der Waals surface area contributed by atoms with Crippen molar-refractivity contribution < 1.29 is 19.4 Å². The van der Waals surface area contributed by atoms with Gasteiger partial charge < -0.3 is 15.2 Å². The van der Waals surface area contributed by atoms with E-state index in [1.165, 1.54) is 12.1 Å². The lowest BCUT2D eigenvalue weighted by molar-refractivity contribution is 0.0642. The third-order valence-corrected chi connectivity index (χ3v) is 3.44. The van der Waals surface area contributed by atoms with Crippen molar-refractivity contribution in [3.63, 3.8) is 0 Å². The van der Waals surface area contributed by atoms with Crippen LogP contribution < -0.4 is 5.32 Å². The van der Waals surface area contributed by atoms with Crippen LogP contribution in [0.3, 0.4) is 0 Å². The normalized spacial score (nSPS) is 15.8. The van der Waals surface area contributed by atoms with Crippen molar-refractivity contribution >= 4 is 11.9 Å². The van der Waals surface area contributed by atoms with E-state index in [4.69, 9.17) is 9.84 Å². The molecule has 1 aliphatic rings. The molecule has 0 bridgehead atoms. The van der Waals surface area contributed by atoms with Crippen LogP contribution in [0.5, 0.6) is 0 Å². The van der Waals surface area contributed by atoms with Crippen LogP contribution in [-0.2, 0) is 4.74 Å². The molecule has 0 unspecified atom stereocenters. The SMILES string of the molecule is Cc1nc(C(=O)NCC2CCOCC2)ccc1C(=O)O. The second-order valence-corrected chi connectivity index (χ2v) is 4.90. The largest absolute Gasteiger partial charge is 0.478 e. The maximum Gasteiger partial charge on any atom is 0.337 e. The summed E-state index contributed by atoms with van der Waals surface area (Å²) in [7, 11) is 0. The van der Waals surface area contributed by atoms with Crippen LogP contribution in [0.1, 0.15) is 39.4 Å². The third kappa shape index (κ3) is 3.54. The number of carbonyl (C=O) groups is 2. The number of carboxylic acid groups (broad SMARTS) is 1. The van der Waals surface area contributed by atoms with Crippen molar-refractivity contribution in [2.75, 3.05) is 19.8 Å². The maximum absolute atomic E-state index is 12.0. The summed E-state index contributed by atoms with van der Waals surface area (Å²) in [6.45, 7) is 3.67. The first kappa shape index (κ1) is 14.5. The molecule has 1 aromatic heterocycles. The highest BCUT2D eigenvalue weighted by Gasteiger charge is 2.17. The first-order valence-electron chi connectivity index (χ1n) is 6.65. The van der Waals surface area contributed by atoms with Crippen LogP contribution in [0.15, 0.2) is 12.1 Å².